The predicted octanol–water partition coefficient (Wildman–Crippen LogP) is 4.21. The van der Waals surface area contributed by atoms with Gasteiger partial charge in [-0.25, -0.2) is 9.97 Å². The summed E-state index contributed by atoms with van der Waals surface area (Å²) in [5.74, 6) is 0.651. The largest absolute Gasteiger partial charge is 0.383 e. The van der Waals surface area contributed by atoms with Crippen molar-refractivity contribution in [2.75, 3.05) is 11.5 Å². The van der Waals surface area contributed by atoms with Crippen LogP contribution in [0.2, 0.25) is 0 Å². The number of carbonyl (C=O) groups is 1. The third-order valence-electron chi connectivity index (χ3n) is 4.60. The minimum Gasteiger partial charge on any atom is -0.383 e. The van der Waals surface area contributed by atoms with E-state index in [1.54, 1.807) is 36.7 Å². The maximum atomic E-state index is 13.5. The number of pyridine rings is 2. The van der Waals surface area contributed by atoms with Gasteiger partial charge >= 0.3 is 0 Å². The van der Waals surface area contributed by atoms with Gasteiger partial charge in [-0.3, -0.25) is 4.79 Å². The van der Waals surface area contributed by atoms with Gasteiger partial charge in [-0.05, 0) is 35.4 Å². The monoisotopic (exact) mass is 366 g/mol. The standard InChI is InChI=1S/C23H18N4O/c24-22-19(11-5-13-26-22)15-7-1-3-9-17(15)21(28)18-10-4-2-8-16(18)20-12-6-14-27-23(20)25/h1-14H,(H2,24,26)(H2,25,27). The first-order chi connectivity index (χ1) is 13.7. The molecule has 0 fully saturated rings. The van der Waals surface area contributed by atoms with Crippen molar-refractivity contribution in [3.8, 4) is 22.3 Å². The quantitative estimate of drug-likeness (QED) is 0.528. The summed E-state index contributed by atoms with van der Waals surface area (Å²) in [6.07, 6.45) is 3.26. The lowest BCUT2D eigenvalue weighted by atomic mass is 9.90. The van der Waals surface area contributed by atoms with Crippen LogP contribution in [0.15, 0.2) is 85.2 Å². The van der Waals surface area contributed by atoms with Gasteiger partial charge < -0.3 is 11.5 Å². The molecule has 4 rings (SSSR count). The van der Waals surface area contributed by atoms with Gasteiger partial charge in [0.25, 0.3) is 0 Å². The Balaban J connectivity index is 1.88. The molecule has 0 saturated carbocycles. The van der Waals surface area contributed by atoms with E-state index in [0.29, 0.717) is 22.8 Å². The predicted molar refractivity (Wildman–Crippen MR) is 112 cm³/mol. The van der Waals surface area contributed by atoms with E-state index in [-0.39, 0.29) is 5.78 Å². The smallest absolute Gasteiger partial charge is 0.194 e. The van der Waals surface area contributed by atoms with Gasteiger partial charge in [-0.15, -0.1) is 0 Å². The van der Waals surface area contributed by atoms with E-state index in [0.717, 1.165) is 22.3 Å². The Hall–Kier alpha value is -3.99. The average Bonchev–Trinajstić information content (AvgIpc) is 2.74. The number of nitrogen functional groups attached to an aromatic ring is 2. The van der Waals surface area contributed by atoms with Crippen LogP contribution in [0.25, 0.3) is 22.3 Å². The van der Waals surface area contributed by atoms with Crippen molar-refractivity contribution < 1.29 is 4.79 Å². The van der Waals surface area contributed by atoms with Crippen molar-refractivity contribution in [1.29, 1.82) is 0 Å². The van der Waals surface area contributed by atoms with Crippen LogP contribution in [-0.4, -0.2) is 15.8 Å². The molecule has 0 bridgehead atoms. The fraction of sp³-hybridized carbons (Fsp3) is 0. The minimum absolute atomic E-state index is 0.113. The number of anilines is 2. The molecule has 4 aromatic rings. The lowest BCUT2D eigenvalue weighted by Gasteiger charge is -2.14. The third-order valence-corrected chi connectivity index (χ3v) is 4.60. The van der Waals surface area contributed by atoms with Crippen molar-refractivity contribution in [3.05, 3.63) is 96.3 Å². The summed E-state index contributed by atoms with van der Waals surface area (Å²) in [5, 5.41) is 0. The number of nitrogens with two attached hydrogens (primary N) is 2. The number of rotatable bonds is 4. The second-order valence-corrected chi connectivity index (χ2v) is 6.29. The summed E-state index contributed by atoms with van der Waals surface area (Å²) in [4.78, 5) is 21.8. The molecule has 2 aromatic heterocycles. The Morgan fingerprint density at radius 3 is 1.39 bits per heavy atom. The van der Waals surface area contributed by atoms with Gasteiger partial charge in [-0.2, -0.15) is 0 Å². The van der Waals surface area contributed by atoms with E-state index < -0.39 is 0 Å². The van der Waals surface area contributed by atoms with E-state index in [1.165, 1.54) is 0 Å². The number of carbonyl (C=O) groups excluding carboxylic acids is 1. The highest BCUT2D eigenvalue weighted by Crippen LogP contribution is 2.33. The first-order valence-corrected chi connectivity index (χ1v) is 8.81. The van der Waals surface area contributed by atoms with Crippen LogP contribution in [0.3, 0.4) is 0 Å². The maximum absolute atomic E-state index is 13.5. The lowest BCUT2D eigenvalue weighted by Crippen LogP contribution is -2.07. The summed E-state index contributed by atoms with van der Waals surface area (Å²) in [6, 6.07) is 22.1. The zero-order valence-electron chi connectivity index (χ0n) is 15.0. The molecule has 0 saturated heterocycles. The van der Waals surface area contributed by atoms with Gasteiger partial charge in [0.2, 0.25) is 0 Å². The Bertz CT molecular complexity index is 1080. The van der Waals surface area contributed by atoms with E-state index in [4.69, 9.17) is 11.5 Å². The maximum Gasteiger partial charge on any atom is 0.194 e. The Morgan fingerprint density at radius 2 is 0.964 bits per heavy atom. The van der Waals surface area contributed by atoms with Crippen LogP contribution >= 0.6 is 0 Å². The van der Waals surface area contributed by atoms with Gasteiger partial charge in [0, 0.05) is 34.6 Å². The van der Waals surface area contributed by atoms with E-state index in [9.17, 15) is 4.79 Å². The molecular weight excluding hydrogens is 348 g/mol. The molecule has 28 heavy (non-hydrogen) atoms. The molecule has 136 valence electrons. The third kappa shape index (κ3) is 3.10. The number of hydrogen-bond donors (Lipinski definition) is 2. The lowest BCUT2D eigenvalue weighted by molar-refractivity contribution is 0.104. The molecular formula is C23H18N4O. The molecule has 5 nitrogen and oxygen atoms in total. The van der Waals surface area contributed by atoms with Gasteiger partial charge in [0.15, 0.2) is 5.78 Å². The first-order valence-electron chi connectivity index (χ1n) is 8.81. The highest BCUT2D eigenvalue weighted by atomic mass is 16.1. The molecule has 0 aliphatic rings. The number of nitrogens with zero attached hydrogens (tertiary/aromatic N) is 2. The Kier molecular flexibility index (Phi) is 4.56. The van der Waals surface area contributed by atoms with Crippen LogP contribution in [0.4, 0.5) is 11.6 Å². The van der Waals surface area contributed by atoms with Crippen LogP contribution in [-0.2, 0) is 0 Å². The molecule has 0 atom stereocenters. The van der Waals surface area contributed by atoms with Crippen LogP contribution in [0, 0.1) is 0 Å². The molecule has 0 unspecified atom stereocenters. The summed E-state index contributed by atoms with van der Waals surface area (Å²) in [6.45, 7) is 0. The van der Waals surface area contributed by atoms with E-state index in [2.05, 4.69) is 9.97 Å². The highest BCUT2D eigenvalue weighted by Gasteiger charge is 2.20. The molecule has 0 aliphatic heterocycles. The van der Waals surface area contributed by atoms with Crippen molar-refractivity contribution in [2.45, 2.75) is 0 Å². The summed E-state index contributed by atoms with van der Waals surface area (Å²) >= 11 is 0. The molecule has 0 radical (unpaired) electrons. The second kappa shape index (κ2) is 7.32. The topological polar surface area (TPSA) is 94.9 Å². The first kappa shape index (κ1) is 17.4. The van der Waals surface area contributed by atoms with Crippen molar-refractivity contribution >= 4 is 17.4 Å². The van der Waals surface area contributed by atoms with Crippen molar-refractivity contribution in [3.63, 3.8) is 0 Å². The fourth-order valence-corrected chi connectivity index (χ4v) is 3.27. The molecule has 0 spiro atoms. The molecule has 4 N–H and O–H groups in total. The Morgan fingerprint density at radius 1 is 0.571 bits per heavy atom. The van der Waals surface area contributed by atoms with Gasteiger partial charge in [0.1, 0.15) is 11.6 Å². The van der Waals surface area contributed by atoms with Gasteiger partial charge in [-0.1, -0.05) is 48.5 Å². The van der Waals surface area contributed by atoms with Crippen molar-refractivity contribution in [1.82, 2.24) is 9.97 Å². The zero-order chi connectivity index (χ0) is 19.5. The van der Waals surface area contributed by atoms with Crippen LogP contribution in [0.5, 0.6) is 0 Å². The summed E-state index contributed by atoms with van der Waals surface area (Å²) in [5.41, 5.74) is 16.2. The Labute approximate surface area is 162 Å². The summed E-state index contributed by atoms with van der Waals surface area (Å²) < 4.78 is 0. The molecule has 0 amide bonds. The summed E-state index contributed by atoms with van der Waals surface area (Å²) in [7, 11) is 0. The number of benzene rings is 2. The normalized spacial score (nSPS) is 10.6. The van der Waals surface area contributed by atoms with Crippen LogP contribution in [0.1, 0.15) is 15.9 Å². The molecule has 5 heteroatoms. The van der Waals surface area contributed by atoms with E-state index >= 15 is 0 Å². The number of hydrogen-bond acceptors (Lipinski definition) is 5. The molecule has 2 aromatic carbocycles. The second-order valence-electron chi connectivity index (χ2n) is 6.29. The van der Waals surface area contributed by atoms with E-state index in [1.807, 2.05) is 48.5 Å². The number of ketones is 1. The zero-order valence-corrected chi connectivity index (χ0v) is 15.0. The van der Waals surface area contributed by atoms with Crippen LogP contribution < -0.4 is 11.5 Å². The average molecular weight is 366 g/mol. The molecule has 2 heterocycles. The van der Waals surface area contributed by atoms with Crippen molar-refractivity contribution in [2.24, 2.45) is 0 Å². The SMILES string of the molecule is Nc1ncccc1-c1ccccc1C(=O)c1ccccc1-c1cccnc1N. The minimum atomic E-state index is -0.113. The number of aromatic nitrogens is 2. The van der Waals surface area contributed by atoms with Gasteiger partial charge in [0.05, 0.1) is 0 Å². The highest BCUT2D eigenvalue weighted by molar-refractivity contribution is 6.16. The molecule has 0 aliphatic carbocycles. The fourth-order valence-electron chi connectivity index (χ4n) is 3.27.